The van der Waals surface area contributed by atoms with Gasteiger partial charge in [0.15, 0.2) is 5.37 Å². The maximum Gasteiger partial charge on any atom is 0.296 e. The number of ether oxygens (including phenoxy) is 1. The first kappa shape index (κ1) is 53.6. The molecule has 0 bridgehead atoms. The maximum absolute atomic E-state index is 12.0. The van der Waals surface area contributed by atoms with E-state index in [4.69, 9.17) is 4.74 Å². The van der Waals surface area contributed by atoms with Crippen LogP contribution in [0.1, 0.15) is 13.3 Å². The van der Waals surface area contributed by atoms with Gasteiger partial charge in [0.05, 0.1) is 44.9 Å². The molecule has 378 valence electrons. The van der Waals surface area contributed by atoms with Gasteiger partial charge in [0, 0.05) is 17.1 Å². The zero-order valence-electron chi connectivity index (χ0n) is 35.4. The van der Waals surface area contributed by atoms with Crippen LogP contribution in [0.3, 0.4) is 0 Å². The summed E-state index contributed by atoms with van der Waals surface area (Å²) in [4.78, 5) is 9.09. The third-order valence-corrected chi connectivity index (χ3v) is 14.3. The molecule has 71 heavy (non-hydrogen) atoms. The molecule has 0 saturated heterocycles. The molecule has 0 radical (unpaired) electrons. The van der Waals surface area contributed by atoms with Crippen molar-refractivity contribution in [2.45, 2.75) is 38.3 Å². The van der Waals surface area contributed by atoms with Gasteiger partial charge in [0.2, 0.25) is 17.8 Å². The van der Waals surface area contributed by atoms with Crippen molar-refractivity contribution in [2.75, 3.05) is 28.3 Å². The van der Waals surface area contributed by atoms with Crippen LogP contribution in [-0.4, -0.2) is 111 Å². The van der Waals surface area contributed by atoms with Crippen LogP contribution in [0.15, 0.2) is 131 Å². The molecule has 1 heterocycles. The predicted octanol–water partition coefficient (Wildman–Crippen LogP) is 5.63. The minimum absolute atomic E-state index is 0.0109. The largest absolute Gasteiger partial charge is 0.491 e. The first-order chi connectivity index (χ1) is 32.8. The van der Waals surface area contributed by atoms with Crippen LogP contribution in [0.2, 0.25) is 0 Å². The van der Waals surface area contributed by atoms with Crippen molar-refractivity contribution in [2.24, 2.45) is 20.5 Å². The number of hydrogen-bond acceptors (Lipinski definition) is 23. The molecule has 1 atom stereocenters. The lowest BCUT2D eigenvalue weighted by Crippen LogP contribution is -2.27. The number of nitrogens with one attached hydrogen (secondary N) is 3. The van der Waals surface area contributed by atoms with E-state index in [1.165, 1.54) is 60.7 Å². The molecular weight excluding hydrogens is 1070 g/mol. The molecule has 0 spiro atoms. The first-order valence-electron chi connectivity index (χ1n) is 19.1. The Morgan fingerprint density at radius 3 is 1.70 bits per heavy atom. The van der Waals surface area contributed by atoms with Crippen molar-refractivity contribution in [3.8, 4) is 5.75 Å². The average molecular weight is 1100 g/mol. The minimum atomic E-state index is -5.12. The van der Waals surface area contributed by atoms with Crippen LogP contribution in [0, 0.1) is 0 Å². The quantitative estimate of drug-likeness (QED) is 0.0254. The van der Waals surface area contributed by atoms with Gasteiger partial charge >= 0.3 is 0 Å². The smallest absolute Gasteiger partial charge is 0.296 e. The number of benzene rings is 5. The number of fused-ring (bicyclic) bond motifs is 1. The Kier molecular flexibility index (Phi) is 15.5. The molecule has 0 saturated carbocycles. The lowest BCUT2D eigenvalue weighted by atomic mass is 10.1. The third kappa shape index (κ3) is 14.9. The predicted molar refractivity (Wildman–Crippen MR) is 248 cm³/mol. The van der Waals surface area contributed by atoms with E-state index in [2.05, 4.69) is 51.4 Å². The Morgan fingerprint density at radius 1 is 0.549 bits per heavy atom. The molecule has 35 heteroatoms. The number of azo groups is 2. The average Bonchev–Trinajstić information content (AvgIpc) is 3.25. The number of anilines is 5. The van der Waals surface area contributed by atoms with Crippen LogP contribution in [0.5, 0.6) is 5.75 Å². The molecule has 6 aromatic rings. The van der Waals surface area contributed by atoms with Gasteiger partial charge in [-0.2, -0.15) is 80.8 Å². The van der Waals surface area contributed by atoms with E-state index in [0.717, 1.165) is 25.1 Å². The summed E-state index contributed by atoms with van der Waals surface area (Å²) in [5.74, 6) is -1.84. The van der Waals surface area contributed by atoms with Crippen LogP contribution in [-0.2, 0) is 60.7 Å². The zero-order valence-corrected chi connectivity index (χ0v) is 40.3. The Bertz CT molecular complexity index is 3830. The highest BCUT2D eigenvalue weighted by Crippen LogP contribution is 2.35. The van der Waals surface area contributed by atoms with Gasteiger partial charge in [0.1, 0.15) is 21.2 Å². The van der Waals surface area contributed by atoms with E-state index in [1.807, 2.05) is 0 Å². The molecule has 1 unspecified atom stereocenters. The van der Waals surface area contributed by atoms with Crippen molar-refractivity contribution in [3.63, 3.8) is 0 Å². The van der Waals surface area contributed by atoms with E-state index in [-0.39, 0.29) is 64.2 Å². The van der Waals surface area contributed by atoms with Gasteiger partial charge in [-0.05, 0) is 97.6 Å². The molecule has 0 aliphatic carbocycles. The van der Waals surface area contributed by atoms with Gasteiger partial charge < -0.3 is 20.7 Å². The lowest BCUT2D eigenvalue weighted by Gasteiger charge is -2.16. The molecule has 0 fully saturated rings. The Morgan fingerprint density at radius 2 is 1.10 bits per heavy atom. The van der Waals surface area contributed by atoms with E-state index in [1.54, 1.807) is 0 Å². The van der Waals surface area contributed by atoms with Gasteiger partial charge in [-0.3, -0.25) is 27.3 Å². The molecule has 6 rings (SSSR count). The summed E-state index contributed by atoms with van der Waals surface area (Å²) in [5, 5.41) is 22.1. The van der Waals surface area contributed by atoms with Gasteiger partial charge in [-0.15, -0.1) is 5.11 Å². The number of nitrogens with zero attached hydrogens (tertiary/aromatic N) is 7. The normalized spacial score (nSPS) is 13.4. The van der Waals surface area contributed by atoms with Gasteiger partial charge in [-0.25, -0.2) is 0 Å². The molecule has 0 aliphatic heterocycles. The second-order valence-corrected chi connectivity index (χ2v) is 23.3. The molecule has 0 amide bonds. The maximum atomic E-state index is 12.0. The number of hydrogen-bond donors (Lipinski definition) is 9. The highest BCUT2D eigenvalue weighted by Gasteiger charge is 2.23. The monoisotopic (exact) mass is 1100 g/mol. The van der Waals surface area contributed by atoms with Crippen LogP contribution in [0.4, 0.5) is 52.0 Å². The molecular formula is C36H34N10O19S6. The summed E-state index contributed by atoms with van der Waals surface area (Å²) >= 11 is 0. The van der Waals surface area contributed by atoms with Crippen molar-refractivity contribution < 1.29 is 82.6 Å². The second kappa shape index (κ2) is 20.5. The highest BCUT2D eigenvalue weighted by atomic mass is 32.2. The fraction of sp³-hybridized carbons (Fsp3) is 0.139. The fourth-order valence-electron chi connectivity index (χ4n) is 5.78. The van der Waals surface area contributed by atoms with E-state index in [0.29, 0.717) is 17.8 Å². The lowest BCUT2D eigenvalue weighted by molar-refractivity contribution is 0.317. The Balaban J connectivity index is 1.30. The summed E-state index contributed by atoms with van der Waals surface area (Å²) in [6.45, 7) is 0.723. The van der Waals surface area contributed by atoms with Crippen LogP contribution < -0.4 is 20.7 Å². The summed E-state index contributed by atoms with van der Waals surface area (Å²) in [5.41, 5.74) is -0.0142. The summed E-state index contributed by atoms with van der Waals surface area (Å²) in [6.07, 6.45) is -0.242. The van der Waals surface area contributed by atoms with E-state index in [9.17, 15) is 77.8 Å². The summed E-state index contributed by atoms with van der Waals surface area (Å²) in [6, 6.07) is 17.1. The van der Waals surface area contributed by atoms with Crippen molar-refractivity contribution >= 4 is 123 Å². The highest BCUT2D eigenvalue weighted by molar-refractivity contribution is 7.87. The first-order valence-corrected chi connectivity index (χ1v) is 28.0. The second-order valence-electron chi connectivity index (χ2n) is 14.3. The fourth-order valence-corrected chi connectivity index (χ4v) is 9.10. The SMILES string of the molecule is CC(Nc1nc(Nc2ccc(/N=N\c3ccc4c(S(=O)(=O)O)cc(S(=O)(=O)O)cc4c3)cc2)nc(Nc2ccc(/N=N\c3ccc(S(=O)(=O)O)cc3S(=O)(=O)O)cc2OCCCS(=O)(=O)O)n1)S(=O)(=O)O. The molecule has 29 nitrogen and oxygen atoms in total. The molecule has 9 N–H and O–H groups in total. The Labute approximate surface area is 402 Å². The minimum Gasteiger partial charge on any atom is -0.491 e. The van der Waals surface area contributed by atoms with Gasteiger partial charge in [-0.1, -0.05) is 6.07 Å². The van der Waals surface area contributed by atoms with Gasteiger partial charge in [0.25, 0.3) is 60.7 Å². The molecule has 1 aromatic heterocycles. The Hall–Kier alpha value is -6.77. The van der Waals surface area contributed by atoms with Crippen molar-refractivity contribution in [1.82, 2.24) is 15.0 Å². The van der Waals surface area contributed by atoms with Crippen LogP contribution >= 0.6 is 0 Å². The summed E-state index contributed by atoms with van der Waals surface area (Å²) < 4.78 is 204. The molecule has 5 aromatic carbocycles. The van der Waals surface area contributed by atoms with Crippen LogP contribution in [0.25, 0.3) is 10.8 Å². The number of rotatable bonds is 20. The van der Waals surface area contributed by atoms with E-state index < -0.39 is 103 Å². The summed E-state index contributed by atoms with van der Waals surface area (Å²) in [7, 11) is -29.0. The standard InChI is InChI=1S/C36H34N10O19S6/c1-20(67(50,51)52)37-34-40-35(38-22-3-5-23(6-4-22)43-44-24-7-10-28-21(15-24)16-27(69(56,57)58)19-32(28)70(59,60)61)42-36(41-34)39-29-11-8-25(17-31(29)65-13-2-14-66(47,48)49)45-46-30-12-9-26(68(53,54)55)18-33(30)71(62,63)64/h3-12,15-20H,2,13-14H2,1H3,(H,47,48,49)(H,50,51,52)(H,53,54,55)(H,56,57,58)(H,59,60,61)(H,62,63,64)(H3,37,38,39,40,41,42)/b44-43-,46-45-. The van der Waals surface area contributed by atoms with Crippen molar-refractivity contribution in [1.29, 1.82) is 0 Å². The molecule has 0 aliphatic rings. The zero-order chi connectivity index (χ0) is 52.3. The topological polar surface area (TPSA) is 460 Å². The van der Waals surface area contributed by atoms with E-state index >= 15 is 0 Å². The van der Waals surface area contributed by atoms with Crippen molar-refractivity contribution in [3.05, 3.63) is 91.0 Å². The number of aromatic nitrogens is 3. The third-order valence-electron chi connectivity index (χ3n) is 9.06.